The van der Waals surface area contributed by atoms with Gasteiger partial charge in [0.05, 0.1) is 11.0 Å². The molecule has 0 spiro atoms. The maximum atomic E-state index is 11.0. The average molecular weight is 308 g/mol. The Morgan fingerprint density at radius 2 is 2.19 bits per heavy atom. The van der Waals surface area contributed by atoms with Crippen LogP contribution in [0.3, 0.4) is 0 Å². The van der Waals surface area contributed by atoms with Gasteiger partial charge in [0, 0.05) is 9.75 Å². The first-order valence-corrected chi connectivity index (χ1v) is 7.05. The molecule has 21 heavy (non-hydrogen) atoms. The molecule has 2 aromatic heterocycles. The second-order valence-corrected chi connectivity index (χ2v) is 6.02. The van der Waals surface area contributed by atoms with Crippen molar-refractivity contribution in [1.29, 1.82) is 0 Å². The predicted octanol–water partition coefficient (Wildman–Crippen LogP) is 2.52. The van der Waals surface area contributed by atoms with E-state index in [1.54, 1.807) is 11.3 Å². The summed E-state index contributed by atoms with van der Waals surface area (Å²) in [5.74, 6) is 5.50. The van der Waals surface area contributed by atoms with Crippen LogP contribution >= 0.6 is 11.3 Å². The van der Waals surface area contributed by atoms with Crippen molar-refractivity contribution in [3.05, 3.63) is 37.7 Å². The second-order valence-electron chi connectivity index (χ2n) is 4.56. The first kappa shape index (κ1) is 15.1. The van der Waals surface area contributed by atoms with Gasteiger partial charge in [-0.1, -0.05) is 0 Å². The van der Waals surface area contributed by atoms with Crippen LogP contribution in [0, 0.1) is 24.0 Å². The van der Waals surface area contributed by atoms with E-state index in [4.69, 9.17) is 5.84 Å². The first-order valence-electron chi connectivity index (χ1n) is 6.24. The van der Waals surface area contributed by atoms with E-state index < -0.39 is 4.92 Å². The lowest BCUT2D eigenvalue weighted by molar-refractivity contribution is -0.384. The number of nitrogens with one attached hydrogen (secondary N) is 2. The summed E-state index contributed by atoms with van der Waals surface area (Å²) in [5, 5.41) is 14.1. The molecule has 1 atom stereocenters. The van der Waals surface area contributed by atoms with E-state index in [0.29, 0.717) is 0 Å². The number of nitrogen functional groups attached to an aromatic ring is 1. The van der Waals surface area contributed by atoms with Gasteiger partial charge in [-0.15, -0.1) is 11.3 Å². The van der Waals surface area contributed by atoms with Crippen molar-refractivity contribution in [2.45, 2.75) is 26.8 Å². The molecule has 0 fully saturated rings. The Bertz CT molecular complexity index is 672. The number of aryl methyl sites for hydroxylation is 2. The fourth-order valence-corrected chi connectivity index (χ4v) is 3.07. The summed E-state index contributed by atoms with van der Waals surface area (Å²) in [6, 6.07) is 1.95. The second kappa shape index (κ2) is 6.02. The van der Waals surface area contributed by atoms with E-state index in [-0.39, 0.29) is 23.5 Å². The van der Waals surface area contributed by atoms with Crippen molar-refractivity contribution in [2.75, 3.05) is 10.7 Å². The number of anilines is 2. The zero-order valence-corrected chi connectivity index (χ0v) is 12.7. The summed E-state index contributed by atoms with van der Waals surface area (Å²) < 4.78 is 0. The molecule has 0 bridgehead atoms. The highest BCUT2D eigenvalue weighted by molar-refractivity contribution is 7.12. The van der Waals surface area contributed by atoms with Crippen LogP contribution in [0.1, 0.15) is 28.3 Å². The fraction of sp³-hybridized carbons (Fsp3) is 0.333. The molecule has 9 heteroatoms. The summed E-state index contributed by atoms with van der Waals surface area (Å²) in [4.78, 5) is 20.7. The van der Waals surface area contributed by atoms with Gasteiger partial charge in [-0.25, -0.2) is 10.8 Å². The number of nitrogens with zero attached hydrogens (tertiary/aromatic N) is 3. The lowest BCUT2D eigenvalue weighted by Crippen LogP contribution is -2.14. The van der Waals surface area contributed by atoms with E-state index >= 15 is 0 Å². The fourth-order valence-electron chi connectivity index (χ4n) is 2.05. The Hall–Kier alpha value is -2.26. The van der Waals surface area contributed by atoms with Crippen LogP contribution in [0.25, 0.3) is 0 Å². The Kier molecular flexibility index (Phi) is 4.34. The maximum absolute atomic E-state index is 11.0. The smallest absolute Gasteiger partial charge is 0.329 e. The van der Waals surface area contributed by atoms with E-state index in [2.05, 4.69) is 26.8 Å². The van der Waals surface area contributed by atoms with Gasteiger partial charge >= 0.3 is 5.69 Å². The van der Waals surface area contributed by atoms with Gasteiger partial charge in [0.25, 0.3) is 0 Å². The molecule has 2 aromatic rings. The van der Waals surface area contributed by atoms with Crippen LogP contribution in [0.5, 0.6) is 0 Å². The standard InChI is InChI=1S/C12H16N6O2S/c1-6-4-9(8(3)21-6)7(2)15-11-10(18(19)20)5-14-12(16-11)17-13/h4-5,7H,13H2,1-3H3,(H2,14,15,16,17). The Morgan fingerprint density at radius 3 is 2.71 bits per heavy atom. The molecule has 0 radical (unpaired) electrons. The largest absolute Gasteiger partial charge is 0.358 e. The van der Waals surface area contributed by atoms with Gasteiger partial charge in [0.15, 0.2) is 0 Å². The molecule has 0 aromatic carbocycles. The molecule has 0 amide bonds. The first-order chi connectivity index (χ1) is 9.92. The Labute approximate surface area is 125 Å². The van der Waals surface area contributed by atoms with E-state index in [0.717, 1.165) is 11.8 Å². The molecule has 4 N–H and O–H groups in total. The van der Waals surface area contributed by atoms with Crippen molar-refractivity contribution < 1.29 is 4.92 Å². The van der Waals surface area contributed by atoms with Crippen LogP contribution in [0.4, 0.5) is 17.5 Å². The zero-order valence-electron chi connectivity index (χ0n) is 11.9. The van der Waals surface area contributed by atoms with Crippen molar-refractivity contribution >= 4 is 28.8 Å². The van der Waals surface area contributed by atoms with Crippen LogP contribution < -0.4 is 16.6 Å². The Morgan fingerprint density at radius 1 is 1.48 bits per heavy atom. The molecular weight excluding hydrogens is 292 g/mol. The summed E-state index contributed by atoms with van der Waals surface area (Å²) >= 11 is 1.69. The number of thiophene rings is 1. The number of hydrogen-bond acceptors (Lipinski definition) is 8. The van der Waals surface area contributed by atoms with Crippen LogP contribution in [0.2, 0.25) is 0 Å². The Balaban J connectivity index is 2.33. The number of rotatable bonds is 5. The molecule has 1 unspecified atom stereocenters. The lowest BCUT2D eigenvalue weighted by Gasteiger charge is -2.15. The van der Waals surface area contributed by atoms with Crippen molar-refractivity contribution in [3.8, 4) is 0 Å². The summed E-state index contributed by atoms with van der Waals surface area (Å²) in [6.07, 6.45) is 1.13. The van der Waals surface area contributed by atoms with Crippen LogP contribution in [0.15, 0.2) is 12.3 Å². The minimum Gasteiger partial charge on any atom is -0.358 e. The number of hydrogen-bond donors (Lipinski definition) is 3. The molecule has 0 saturated heterocycles. The molecular formula is C12H16N6O2S. The van der Waals surface area contributed by atoms with Gasteiger partial charge in [-0.3, -0.25) is 15.5 Å². The number of nitro groups is 1. The van der Waals surface area contributed by atoms with Crippen LogP contribution in [-0.2, 0) is 0 Å². The van der Waals surface area contributed by atoms with Crippen molar-refractivity contribution in [3.63, 3.8) is 0 Å². The third-order valence-corrected chi connectivity index (χ3v) is 3.98. The topological polar surface area (TPSA) is 119 Å². The SMILES string of the molecule is Cc1cc(C(C)Nc2nc(NN)ncc2[N+](=O)[O-])c(C)s1. The quantitative estimate of drug-likeness (QED) is 0.441. The summed E-state index contributed by atoms with van der Waals surface area (Å²) in [6.45, 7) is 5.97. The van der Waals surface area contributed by atoms with Crippen LogP contribution in [-0.4, -0.2) is 14.9 Å². The van der Waals surface area contributed by atoms with Gasteiger partial charge < -0.3 is 5.32 Å². The van der Waals surface area contributed by atoms with Crippen molar-refractivity contribution in [2.24, 2.45) is 5.84 Å². The molecule has 0 saturated carbocycles. The highest BCUT2D eigenvalue weighted by Crippen LogP contribution is 2.31. The maximum Gasteiger partial charge on any atom is 0.329 e. The van der Waals surface area contributed by atoms with Gasteiger partial charge in [0.2, 0.25) is 11.8 Å². The predicted molar refractivity (Wildman–Crippen MR) is 82.3 cm³/mol. The zero-order chi connectivity index (χ0) is 15.6. The molecule has 2 heterocycles. The average Bonchev–Trinajstić information content (AvgIpc) is 2.77. The number of aromatic nitrogens is 2. The molecule has 8 nitrogen and oxygen atoms in total. The third kappa shape index (κ3) is 3.26. The highest BCUT2D eigenvalue weighted by atomic mass is 32.1. The van der Waals surface area contributed by atoms with Gasteiger partial charge in [-0.2, -0.15) is 4.98 Å². The normalized spacial score (nSPS) is 12.0. The molecule has 0 aliphatic carbocycles. The van der Waals surface area contributed by atoms with E-state index in [1.165, 1.54) is 9.75 Å². The molecule has 112 valence electrons. The van der Waals surface area contributed by atoms with E-state index in [1.807, 2.05) is 20.8 Å². The minimum atomic E-state index is -0.527. The molecule has 0 aliphatic rings. The van der Waals surface area contributed by atoms with Crippen molar-refractivity contribution in [1.82, 2.24) is 9.97 Å². The summed E-state index contributed by atoms with van der Waals surface area (Å²) in [7, 11) is 0. The summed E-state index contributed by atoms with van der Waals surface area (Å²) in [5.41, 5.74) is 3.18. The minimum absolute atomic E-state index is 0.117. The molecule has 0 aliphatic heterocycles. The lowest BCUT2D eigenvalue weighted by atomic mass is 10.1. The monoisotopic (exact) mass is 308 g/mol. The number of nitrogens with two attached hydrogens (primary N) is 1. The highest BCUT2D eigenvalue weighted by Gasteiger charge is 2.20. The number of hydrazine groups is 1. The third-order valence-electron chi connectivity index (χ3n) is 2.99. The van der Waals surface area contributed by atoms with Gasteiger partial charge in [0.1, 0.15) is 6.20 Å². The molecule has 2 rings (SSSR count). The van der Waals surface area contributed by atoms with E-state index in [9.17, 15) is 10.1 Å². The van der Waals surface area contributed by atoms with Gasteiger partial charge in [-0.05, 0) is 32.4 Å².